The van der Waals surface area contributed by atoms with Crippen LogP contribution in [0.3, 0.4) is 0 Å². The summed E-state index contributed by atoms with van der Waals surface area (Å²) in [4.78, 5) is 15.6. The minimum Gasteiger partial charge on any atom is -0.361 e. The number of unbranched alkanes of at least 4 members (excludes halogenated alkanes) is 1. The second-order valence-electron chi connectivity index (χ2n) is 3.63. The average molecular weight is 272 g/mol. The molecule has 1 N–H and O–H groups in total. The number of fused-ring (bicyclic) bond motifs is 1. The normalized spacial score (nSPS) is 24.0. The van der Waals surface area contributed by atoms with Crippen molar-refractivity contribution in [3.05, 3.63) is 23.2 Å². The van der Waals surface area contributed by atoms with Crippen LogP contribution in [0.1, 0.15) is 19.8 Å². The molecule has 1 unspecified atom stereocenters. The molecule has 2 rings (SSSR count). The zero-order valence-corrected chi connectivity index (χ0v) is 10.2. The van der Waals surface area contributed by atoms with Crippen molar-refractivity contribution in [3.8, 4) is 0 Å². The predicted molar refractivity (Wildman–Crippen MR) is 61.5 cm³/mol. The SMILES string of the molecule is CCCCN1C=CN2C(Br)=CNC2C1=O. The third kappa shape index (κ3) is 1.88. The molecule has 2 aliphatic heterocycles. The molecule has 0 saturated heterocycles. The van der Waals surface area contributed by atoms with Crippen LogP contribution in [0.25, 0.3) is 0 Å². The van der Waals surface area contributed by atoms with Gasteiger partial charge in [-0.05, 0) is 22.4 Å². The summed E-state index contributed by atoms with van der Waals surface area (Å²) >= 11 is 3.38. The summed E-state index contributed by atoms with van der Waals surface area (Å²) in [6.45, 7) is 2.92. The molecule has 4 nitrogen and oxygen atoms in total. The largest absolute Gasteiger partial charge is 0.361 e. The lowest BCUT2D eigenvalue weighted by Gasteiger charge is -2.32. The molecule has 0 aliphatic carbocycles. The van der Waals surface area contributed by atoms with E-state index >= 15 is 0 Å². The quantitative estimate of drug-likeness (QED) is 0.791. The fourth-order valence-electron chi connectivity index (χ4n) is 1.67. The second-order valence-corrected chi connectivity index (χ2v) is 4.44. The molecule has 2 heterocycles. The van der Waals surface area contributed by atoms with E-state index in [4.69, 9.17) is 0 Å². The molecule has 0 saturated carbocycles. The zero-order chi connectivity index (χ0) is 10.8. The van der Waals surface area contributed by atoms with Crippen LogP contribution in [0.15, 0.2) is 23.2 Å². The van der Waals surface area contributed by atoms with Gasteiger partial charge in [-0.15, -0.1) is 0 Å². The van der Waals surface area contributed by atoms with E-state index in [1.54, 1.807) is 11.1 Å². The summed E-state index contributed by atoms with van der Waals surface area (Å²) in [5, 5.41) is 3.04. The van der Waals surface area contributed by atoms with E-state index < -0.39 is 0 Å². The van der Waals surface area contributed by atoms with Crippen molar-refractivity contribution >= 4 is 21.8 Å². The lowest BCUT2D eigenvalue weighted by Crippen LogP contribution is -2.50. The molecule has 1 amide bonds. The van der Waals surface area contributed by atoms with Gasteiger partial charge in [0.05, 0.1) is 0 Å². The van der Waals surface area contributed by atoms with E-state index in [-0.39, 0.29) is 12.1 Å². The Labute approximate surface area is 97.7 Å². The second kappa shape index (κ2) is 4.26. The maximum Gasteiger partial charge on any atom is 0.270 e. The summed E-state index contributed by atoms with van der Waals surface area (Å²) in [7, 11) is 0. The van der Waals surface area contributed by atoms with Gasteiger partial charge >= 0.3 is 0 Å². The van der Waals surface area contributed by atoms with Crippen molar-refractivity contribution < 1.29 is 4.79 Å². The number of carbonyl (C=O) groups is 1. The topological polar surface area (TPSA) is 35.6 Å². The highest BCUT2D eigenvalue weighted by Gasteiger charge is 2.34. The zero-order valence-electron chi connectivity index (χ0n) is 8.61. The molecule has 82 valence electrons. The predicted octanol–water partition coefficient (Wildman–Crippen LogP) is 1.52. The number of nitrogens with one attached hydrogen (secondary N) is 1. The summed E-state index contributed by atoms with van der Waals surface area (Å²) in [6, 6.07) is 0. The minimum atomic E-state index is -0.263. The van der Waals surface area contributed by atoms with Crippen molar-refractivity contribution in [3.63, 3.8) is 0 Å². The molecule has 0 spiro atoms. The fourth-order valence-corrected chi connectivity index (χ4v) is 2.12. The fraction of sp³-hybridized carbons (Fsp3) is 0.500. The third-order valence-corrected chi connectivity index (χ3v) is 3.20. The van der Waals surface area contributed by atoms with Crippen LogP contribution in [-0.4, -0.2) is 28.4 Å². The van der Waals surface area contributed by atoms with Gasteiger partial charge in [-0.1, -0.05) is 13.3 Å². The first-order valence-electron chi connectivity index (χ1n) is 5.13. The van der Waals surface area contributed by atoms with Gasteiger partial charge in [0.2, 0.25) is 0 Å². The van der Waals surface area contributed by atoms with Gasteiger partial charge < -0.3 is 15.1 Å². The van der Waals surface area contributed by atoms with Gasteiger partial charge in [-0.3, -0.25) is 4.79 Å². The number of hydrogen-bond acceptors (Lipinski definition) is 3. The Hall–Kier alpha value is -0.970. The standard InChI is InChI=1S/C10H14BrN3O/c1-2-3-4-13-5-6-14-8(11)7-12-9(14)10(13)15/h5-7,9,12H,2-4H2,1H3. The highest BCUT2D eigenvalue weighted by molar-refractivity contribution is 9.11. The number of hydrogen-bond donors (Lipinski definition) is 1. The molecule has 0 aromatic heterocycles. The summed E-state index contributed by atoms with van der Waals surface area (Å²) < 4.78 is 0.896. The summed E-state index contributed by atoms with van der Waals surface area (Å²) in [5.41, 5.74) is 0. The molecule has 0 aromatic carbocycles. The molecular weight excluding hydrogens is 258 g/mol. The molecule has 2 aliphatic rings. The Bertz CT molecular complexity index is 327. The molecule has 5 heteroatoms. The Morgan fingerprint density at radius 3 is 3.07 bits per heavy atom. The summed E-state index contributed by atoms with van der Waals surface area (Å²) in [6.07, 6.45) is 7.44. The van der Waals surface area contributed by atoms with E-state index in [0.717, 1.165) is 24.0 Å². The molecule has 1 atom stereocenters. The highest BCUT2D eigenvalue weighted by atomic mass is 79.9. The van der Waals surface area contributed by atoms with Crippen LogP contribution < -0.4 is 5.32 Å². The van der Waals surface area contributed by atoms with Crippen molar-refractivity contribution in [2.75, 3.05) is 6.54 Å². The Morgan fingerprint density at radius 2 is 2.33 bits per heavy atom. The molecular formula is C10H14BrN3O. The van der Waals surface area contributed by atoms with Gasteiger partial charge in [0.15, 0.2) is 6.17 Å². The third-order valence-electron chi connectivity index (χ3n) is 2.56. The van der Waals surface area contributed by atoms with Crippen LogP contribution >= 0.6 is 15.9 Å². The minimum absolute atomic E-state index is 0.108. The summed E-state index contributed by atoms with van der Waals surface area (Å²) in [5.74, 6) is 0.108. The van der Waals surface area contributed by atoms with Crippen molar-refractivity contribution in [1.29, 1.82) is 0 Å². The average Bonchev–Trinajstić information content (AvgIpc) is 2.61. The van der Waals surface area contributed by atoms with E-state index in [2.05, 4.69) is 28.2 Å². The highest BCUT2D eigenvalue weighted by Crippen LogP contribution is 2.24. The number of rotatable bonds is 3. The Balaban J connectivity index is 2.06. The van der Waals surface area contributed by atoms with Crippen LogP contribution in [0, 0.1) is 0 Å². The van der Waals surface area contributed by atoms with Gasteiger partial charge in [0.25, 0.3) is 5.91 Å². The molecule has 0 aromatic rings. The molecule has 0 bridgehead atoms. The van der Waals surface area contributed by atoms with Crippen LogP contribution in [0.2, 0.25) is 0 Å². The van der Waals surface area contributed by atoms with E-state index in [0.29, 0.717) is 0 Å². The van der Waals surface area contributed by atoms with Gasteiger partial charge in [0.1, 0.15) is 4.61 Å². The van der Waals surface area contributed by atoms with Crippen molar-refractivity contribution in [1.82, 2.24) is 15.1 Å². The first-order chi connectivity index (χ1) is 7.24. The maximum absolute atomic E-state index is 12.0. The molecule has 15 heavy (non-hydrogen) atoms. The van der Waals surface area contributed by atoms with Crippen molar-refractivity contribution in [2.45, 2.75) is 25.9 Å². The molecule has 0 radical (unpaired) electrons. The maximum atomic E-state index is 12.0. The van der Waals surface area contributed by atoms with E-state index in [1.807, 2.05) is 17.3 Å². The first-order valence-corrected chi connectivity index (χ1v) is 5.92. The van der Waals surface area contributed by atoms with Gasteiger partial charge in [0, 0.05) is 25.1 Å². The monoisotopic (exact) mass is 271 g/mol. The van der Waals surface area contributed by atoms with Gasteiger partial charge in [-0.25, -0.2) is 0 Å². The van der Waals surface area contributed by atoms with Gasteiger partial charge in [-0.2, -0.15) is 0 Å². The molecule has 0 fully saturated rings. The number of halogens is 1. The lowest BCUT2D eigenvalue weighted by molar-refractivity contribution is -0.134. The van der Waals surface area contributed by atoms with Crippen LogP contribution in [0.5, 0.6) is 0 Å². The van der Waals surface area contributed by atoms with Crippen molar-refractivity contribution in [2.24, 2.45) is 0 Å². The van der Waals surface area contributed by atoms with E-state index in [9.17, 15) is 4.79 Å². The number of nitrogens with zero attached hydrogens (tertiary/aromatic N) is 2. The Kier molecular flexibility index (Phi) is 3.00. The van der Waals surface area contributed by atoms with Crippen LogP contribution in [0.4, 0.5) is 0 Å². The van der Waals surface area contributed by atoms with Crippen LogP contribution in [-0.2, 0) is 4.79 Å². The van der Waals surface area contributed by atoms with E-state index in [1.165, 1.54) is 0 Å². The smallest absolute Gasteiger partial charge is 0.270 e. The number of amides is 1. The lowest BCUT2D eigenvalue weighted by atomic mass is 10.2. The first kappa shape index (κ1) is 10.5. The number of carbonyl (C=O) groups excluding carboxylic acids is 1. The Morgan fingerprint density at radius 1 is 1.53 bits per heavy atom.